The van der Waals surface area contributed by atoms with Crippen LogP contribution < -0.4 is 5.73 Å². The molecule has 1 aromatic rings. The second-order valence-corrected chi connectivity index (χ2v) is 3.12. The molecule has 1 heterocycles. The van der Waals surface area contributed by atoms with E-state index in [-0.39, 0.29) is 0 Å². The van der Waals surface area contributed by atoms with Crippen LogP contribution in [0.5, 0.6) is 0 Å². The molecule has 0 spiro atoms. The quantitative estimate of drug-likeness (QED) is 0.657. The molecule has 0 unspecified atom stereocenters. The zero-order valence-electron chi connectivity index (χ0n) is 6.83. The molecule has 0 atom stereocenters. The van der Waals surface area contributed by atoms with Crippen molar-refractivity contribution in [2.75, 3.05) is 5.73 Å². The Balaban J connectivity index is 2.28. The predicted molar refractivity (Wildman–Crippen MR) is 47.4 cm³/mol. The highest BCUT2D eigenvalue weighted by Crippen LogP contribution is 2.41. The molecule has 2 rings (SSSR count). The van der Waals surface area contributed by atoms with Crippen molar-refractivity contribution in [2.45, 2.75) is 25.3 Å². The maximum Gasteiger partial charge on any atom is 0.127 e. The molecular weight excluding hydrogens is 150 g/mol. The van der Waals surface area contributed by atoms with E-state index < -0.39 is 0 Å². The van der Waals surface area contributed by atoms with Crippen LogP contribution in [0.3, 0.4) is 0 Å². The van der Waals surface area contributed by atoms with Crippen molar-refractivity contribution < 1.29 is 0 Å². The molecule has 1 aromatic heterocycles. The van der Waals surface area contributed by atoms with E-state index in [1.807, 2.05) is 4.57 Å². The summed E-state index contributed by atoms with van der Waals surface area (Å²) in [7, 11) is 0. The minimum Gasteiger partial charge on any atom is -0.384 e. The fraction of sp³-hybridized carbons (Fsp3) is 0.444. The Bertz CT molecular complexity index is 328. The molecule has 12 heavy (non-hydrogen) atoms. The lowest BCUT2D eigenvalue weighted by Crippen LogP contribution is -2.01. The standard InChI is InChI=1S/C9H11N3/c1-2-5-12-6-11-8(9(12)10)7-3-4-7/h1,6-7H,3-5,10H2. The van der Waals surface area contributed by atoms with Gasteiger partial charge in [0, 0.05) is 5.92 Å². The van der Waals surface area contributed by atoms with Gasteiger partial charge in [-0.2, -0.15) is 0 Å². The van der Waals surface area contributed by atoms with E-state index in [1.54, 1.807) is 6.33 Å². The molecule has 3 nitrogen and oxygen atoms in total. The first-order valence-electron chi connectivity index (χ1n) is 4.07. The summed E-state index contributed by atoms with van der Waals surface area (Å²) in [6, 6.07) is 0. The van der Waals surface area contributed by atoms with Gasteiger partial charge in [-0.15, -0.1) is 6.42 Å². The first-order valence-corrected chi connectivity index (χ1v) is 4.07. The van der Waals surface area contributed by atoms with Crippen molar-refractivity contribution in [2.24, 2.45) is 0 Å². The van der Waals surface area contributed by atoms with E-state index in [1.165, 1.54) is 12.8 Å². The number of anilines is 1. The van der Waals surface area contributed by atoms with E-state index in [0.717, 1.165) is 11.5 Å². The van der Waals surface area contributed by atoms with Crippen molar-refractivity contribution in [1.82, 2.24) is 9.55 Å². The highest BCUT2D eigenvalue weighted by molar-refractivity contribution is 5.40. The lowest BCUT2D eigenvalue weighted by Gasteiger charge is -1.99. The molecule has 0 bridgehead atoms. The zero-order valence-corrected chi connectivity index (χ0v) is 6.83. The van der Waals surface area contributed by atoms with Crippen molar-refractivity contribution >= 4 is 5.82 Å². The number of nitrogen functional groups attached to an aromatic ring is 1. The van der Waals surface area contributed by atoms with Crippen molar-refractivity contribution in [3.8, 4) is 12.3 Å². The molecular formula is C9H11N3. The third-order valence-electron chi connectivity index (χ3n) is 2.13. The van der Waals surface area contributed by atoms with Gasteiger partial charge in [0.1, 0.15) is 5.82 Å². The molecule has 1 fully saturated rings. The van der Waals surface area contributed by atoms with Crippen LogP contribution in [0.25, 0.3) is 0 Å². The molecule has 0 saturated heterocycles. The average molecular weight is 161 g/mol. The predicted octanol–water partition coefficient (Wildman–Crippen LogP) is 0.976. The monoisotopic (exact) mass is 161 g/mol. The topological polar surface area (TPSA) is 43.8 Å². The Hall–Kier alpha value is -1.43. The summed E-state index contributed by atoms with van der Waals surface area (Å²) in [6.45, 7) is 0.519. The fourth-order valence-electron chi connectivity index (χ4n) is 1.30. The number of nitrogens with zero attached hydrogens (tertiary/aromatic N) is 2. The van der Waals surface area contributed by atoms with Gasteiger partial charge in [0.25, 0.3) is 0 Å². The highest BCUT2D eigenvalue weighted by atomic mass is 15.1. The van der Waals surface area contributed by atoms with Crippen LogP contribution in [0, 0.1) is 12.3 Å². The van der Waals surface area contributed by atoms with Crippen LogP contribution >= 0.6 is 0 Å². The van der Waals surface area contributed by atoms with Crippen molar-refractivity contribution in [1.29, 1.82) is 0 Å². The fourth-order valence-corrected chi connectivity index (χ4v) is 1.30. The van der Waals surface area contributed by atoms with Crippen LogP contribution in [0.4, 0.5) is 5.82 Å². The second kappa shape index (κ2) is 2.56. The SMILES string of the molecule is C#CCn1cnc(C2CC2)c1N. The van der Waals surface area contributed by atoms with Gasteiger partial charge in [-0.1, -0.05) is 5.92 Å². The summed E-state index contributed by atoms with van der Waals surface area (Å²) in [5.74, 6) is 3.89. The summed E-state index contributed by atoms with van der Waals surface area (Å²) in [4.78, 5) is 4.24. The molecule has 0 amide bonds. The maximum absolute atomic E-state index is 5.84. The van der Waals surface area contributed by atoms with Crippen molar-refractivity contribution in [3.05, 3.63) is 12.0 Å². The number of terminal acetylenes is 1. The highest BCUT2D eigenvalue weighted by Gasteiger charge is 2.28. The van der Waals surface area contributed by atoms with Crippen LogP contribution in [0.1, 0.15) is 24.5 Å². The Kier molecular flexibility index (Phi) is 1.54. The Morgan fingerprint density at radius 1 is 1.75 bits per heavy atom. The zero-order chi connectivity index (χ0) is 8.55. The average Bonchev–Trinajstić information content (AvgIpc) is 2.82. The number of nitrogens with two attached hydrogens (primary N) is 1. The van der Waals surface area contributed by atoms with Gasteiger partial charge in [0.05, 0.1) is 18.6 Å². The summed E-state index contributed by atoms with van der Waals surface area (Å²) in [5, 5.41) is 0. The van der Waals surface area contributed by atoms with Gasteiger partial charge in [0.2, 0.25) is 0 Å². The van der Waals surface area contributed by atoms with Gasteiger partial charge >= 0.3 is 0 Å². The number of hydrogen-bond acceptors (Lipinski definition) is 2. The van der Waals surface area contributed by atoms with Crippen LogP contribution in [-0.2, 0) is 6.54 Å². The van der Waals surface area contributed by atoms with Crippen LogP contribution in [-0.4, -0.2) is 9.55 Å². The molecule has 1 aliphatic carbocycles. The number of aromatic nitrogens is 2. The summed E-state index contributed by atoms with van der Waals surface area (Å²) in [5.41, 5.74) is 6.87. The molecule has 1 aliphatic rings. The van der Waals surface area contributed by atoms with Gasteiger partial charge in [-0.25, -0.2) is 4.98 Å². The number of rotatable bonds is 2. The molecule has 0 aromatic carbocycles. The minimum atomic E-state index is 0.519. The van der Waals surface area contributed by atoms with Gasteiger partial charge in [0.15, 0.2) is 0 Å². The summed E-state index contributed by atoms with van der Waals surface area (Å²) < 4.78 is 1.81. The number of imidazole rings is 1. The van der Waals surface area contributed by atoms with E-state index in [0.29, 0.717) is 12.5 Å². The molecule has 62 valence electrons. The van der Waals surface area contributed by atoms with Gasteiger partial charge in [-0.05, 0) is 12.8 Å². The van der Waals surface area contributed by atoms with E-state index in [4.69, 9.17) is 12.2 Å². The molecule has 0 aliphatic heterocycles. The first-order chi connectivity index (χ1) is 5.83. The normalized spacial score (nSPS) is 15.9. The Labute approximate surface area is 71.6 Å². The minimum absolute atomic E-state index is 0.519. The molecule has 3 heteroatoms. The Morgan fingerprint density at radius 3 is 3.08 bits per heavy atom. The van der Waals surface area contributed by atoms with Crippen molar-refractivity contribution in [3.63, 3.8) is 0 Å². The third-order valence-corrected chi connectivity index (χ3v) is 2.13. The van der Waals surface area contributed by atoms with Gasteiger partial charge < -0.3 is 10.3 Å². The van der Waals surface area contributed by atoms with Crippen LogP contribution in [0.2, 0.25) is 0 Å². The largest absolute Gasteiger partial charge is 0.384 e. The van der Waals surface area contributed by atoms with E-state index >= 15 is 0 Å². The summed E-state index contributed by atoms with van der Waals surface area (Å²) >= 11 is 0. The molecule has 2 N–H and O–H groups in total. The maximum atomic E-state index is 5.84. The smallest absolute Gasteiger partial charge is 0.127 e. The lowest BCUT2D eigenvalue weighted by atomic mass is 10.3. The number of hydrogen-bond donors (Lipinski definition) is 1. The second-order valence-electron chi connectivity index (χ2n) is 3.12. The first kappa shape index (κ1) is 7.23. The molecule has 0 radical (unpaired) electrons. The molecule has 1 saturated carbocycles. The lowest BCUT2D eigenvalue weighted by molar-refractivity contribution is 0.851. The summed E-state index contributed by atoms with van der Waals surface area (Å²) in [6.07, 6.45) is 9.34. The third kappa shape index (κ3) is 1.06. The van der Waals surface area contributed by atoms with E-state index in [9.17, 15) is 0 Å². The van der Waals surface area contributed by atoms with E-state index in [2.05, 4.69) is 10.9 Å². The Morgan fingerprint density at radius 2 is 2.50 bits per heavy atom. The van der Waals surface area contributed by atoms with Gasteiger partial charge in [-0.3, -0.25) is 0 Å². The van der Waals surface area contributed by atoms with Crippen LogP contribution in [0.15, 0.2) is 6.33 Å².